The van der Waals surface area contributed by atoms with Gasteiger partial charge in [0, 0.05) is 23.3 Å². The number of halogens is 1. The smallest absolute Gasteiger partial charge is 0.157 e. The number of carbonyl (C=O) groups is 1. The van der Waals surface area contributed by atoms with E-state index in [0.29, 0.717) is 12.2 Å². The first-order chi connectivity index (χ1) is 8.66. The third-order valence-corrected chi connectivity index (χ3v) is 4.01. The van der Waals surface area contributed by atoms with Gasteiger partial charge >= 0.3 is 0 Å². The van der Waals surface area contributed by atoms with Crippen LogP contribution in [0.4, 0.5) is 0 Å². The number of hydrogen-bond acceptors (Lipinski definition) is 3. The highest BCUT2D eigenvalue weighted by Gasteiger charge is 2.39. The van der Waals surface area contributed by atoms with Gasteiger partial charge in [-0.2, -0.15) is 0 Å². The fourth-order valence-corrected chi connectivity index (χ4v) is 3.14. The Kier molecular flexibility index (Phi) is 4.51. The molecule has 18 heavy (non-hydrogen) atoms. The molecule has 0 bridgehead atoms. The molecule has 1 aliphatic heterocycles. The summed E-state index contributed by atoms with van der Waals surface area (Å²) in [7, 11) is 0. The van der Waals surface area contributed by atoms with Crippen molar-refractivity contribution in [3.63, 3.8) is 0 Å². The lowest BCUT2D eigenvalue weighted by Gasteiger charge is -2.27. The molecule has 1 atom stereocenters. The van der Waals surface area contributed by atoms with Gasteiger partial charge < -0.3 is 5.32 Å². The molecule has 1 aliphatic rings. The summed E-state index contributed by atoms with van der Waals surface area (Å²) >= 11 is 3.39. The summed E-state index contributed by atoms with van der Waals surface area (Å²) < 4.78 is 0.928. The van der Waals surface area contributed by atoms with Gasteiger partial charge in [0.1, 0.15) is 0 Å². The van der Waals surface area contributed by atoms with E-state index in [1.54, 1.807) is 12.4 Å². The van der Waals surface area contributed by atoms with E-state index >= 15 is 0 Å². The first kappa shape index (κ1) is 13.7. The number of ketones is 1. The highest BCUT2D eigenvalue weighted by molar-refractivity contribution is 9.10. The van der Waals surface area contributed by atoms with Gasteiger partial charge in [-0.15, -0.1) is 0 Å². The number of Topliss-reactive ketones (excluding diaryl/α,β-unsaturated/α-hetero) is 1. The number of aromatic nitrogens is 1. The normalized spacial score (nSPS) is 23.2. The summed E-state index contributed by atoms with van der Waals surface area (Å²) in [4.78, 5) is 16.6. The summed E-state index contributed by atoms with van der Waals surface area (Å²) in [5, 5.41) is 3.42. The maximum atomic E-state index is 12.5. The van der Waals surface area contributed by atoms with E-state index in [0.717, 1.165) is 42.3 Å². The third kappa shape index (κ3) is 2.98. The monoisotopic (exact) mass is 310 g/mol. The minimum Gasteiger partial charge on any atom is -0.305 e. The van der Waals surface area contributed by atoms with Crippen LogP contribution in [0.3, 0.4) is 0 Å². The largest absolute Gasteiger partial charge is 0.305 e. The maximum Gasteiger partial charge on any atom is 0.157 e. The van der Waals surface area contributed by atoms with Crippen LogP contribution in [0.5, 0.6) is 0 Å². The maximum absolute atomic E-state index is 12.5. The molecule has 1 fully saturated rings. The molecule has 4 heteroatoms. The molecule has 1 unspecified atom stereocenters. The fraction of sp³-hybridized carbons (Fsp3) is 0.571. The molecule has 2 heterocycles. The second-order valence-corrected chi connectivity index (χ2v) is 5.89. The number of carbonyl (C=O) groups excluding carboxylic acids is 1. The van der Waals surface area contributed by atoms with Crippen LogP contribution in [-0.4, -0.2) is 22.9 Å². The average molecular weight is 311 g/mol. The molecule has 0 amide bonds. The molecule has 1 saturated heterocycles. The third-order valence-electron chi connectivity index (χ3n) is 3.58. The van der Waals surface area contributed by atoms with Gasteiger partial charge in [0.2, 0.25) is 0 Å². The zero-order valence-corrected chi connectivity index (χ0v) is 12.3. The number of pyridine rings is 1. The van der Waals surface area contributed by atoms with Crippen molar-refractivity contribution in [3.05, 3.63) is 28.5 Å². The Morgan fingerprint density at radius 3 is 3.00 bits per heavy atom. The van der Waals surface area contributed by atoms with Crippen LogP contribution in [0.25, 0.3) is 0 Å². The van der Waals surface area contributed by atoms with Crippen molar-refractivity contribution in [2.24, 2.45) is 0 Å². The molecular weight excluding hydrogens is 292 g/mol. The molecule has 0 saturated carbocycles. The molecule has 0 aromatic carbocycles. The van der Waals surface area contributed by atoms with Crippen molar-refractivity contribution in [2.75, 3.05) is 6.54 Å². The van der Waals surface area contributed by atoms with Gasteiger partial charge in [-0.3, -0.25) is 9.78 Å². The van der Waals surface area contributed by atoms with Crippen molar-refractivity contribution in [3.8, 4) is 0 Å². The van der Waals surface area contributed by atoms with E-state index in [2.05, 4.69) is 33.2 Å². The van der Waals surface area contributed by atoms with E-state index in [1.807, 2.05) is 6.07 Å². The number of hydrogen-bond donors (Lipinski definition) is 1. The van der Waals surface area contributed by atoms with E-state index in [4.69, 9.17) is 0 Å². The van der Waals surface area contributed by atoms with E-state index in [9.17, 15) is 4.79 Å². The second kappa shape index (κ2) is 5.93. The Balaban J connectivity index is 2.10. The van der Waals surface area contributed by atoms with Crippen LogP contribution in [0.1, 0.15) is 38.2 Å². The predicted octanol–water partition coefficient (Wildman–Crippen LogP) is 2.88. The minimum atomic E-state index is -0.281. The van der Waals surface area contributed by atoms with Crippen molar-refractivity contribution in [2.45, 2.75) is 44.6 Å². The van der Waals surface area contributed by atoms with Crippen molar-refractivity contribution in [1.29, 1.82) is 0 Å². The summed E-state index contributed by atoms with van der Waals surface area (Å²) in [5.41, 5.74) is 0.704. The highest BCUT2D eigenvalue weighted by atomic mass is 79.9. The van der Waals surface area contributed by atoms with Crippen LogP contribution < -0.4 is 5.32 Å². The second-order valence-electron chi connectivity index (χ2n) is 4.97. The van der Waals surface area contributed by atoms with Gasteiger partial charge in [0.25, 0.3) is 0 Å². The Labute approximate surface area is 117 Å². The number of rotatable bonds is 5. The van der Waals surface area contributed by atoms with Crippen LogP contribution in [0.2, 0.25) is 0 Å². The molecule has 0 aliphatic carbocycles. The zero-order chi connectivity index (χ0) is 13.0. The summed E-state index contributed by atoms with van der Waals surface area (Å²) in [6.45, 7) is 3.10. The molecular formula is C14H19BrN2O. The van der Waals surface area contributed by atoms with Crippen LogP contribution >= 0.6 is 15.9 Å². The molecule has 0 spiro atoms. The zero-order valence-electron chi connectivity index (χ0n) is 10.7. The summed E-state index contributed by atoms with van der Waals surface area (Å²) in [5.74, 6) is 0.307. The Morgan fingerprint density at radius 2 is 2.39 bits per heavy atom. The van der Waals surface area contributed by atoms with Gasteiger partial charge in [0.05, 0.1) is 5.54 Å². The molecule has 98 valence electrons. The topological polar surface area (TPSA) is 42.0 Å². The molecule has 1 aromatic heterocycles. The standard InChI is InChI=1S/C14H19BrN2O/c1-2-4-14(5-3-6-17-14)13(18)8-11-7-12(15)10-16-9-11/h7,9-10,17H,2-6,8H2,1H3. The molecule has 1 N–H and O–H groups in total. The molecule has 0 radical (unpaired) electrons. The lowest BCUT2D eigenvalue weighted by atomic mass is 9.84. The van der Waals surface area contributed by atoms with Crippen LogP contribution in [0, 0.1) is 0 Å². The number of nitrogens with zero attached hydrogens (tertiary/aromatic N) is 1. The summed E-state index contributed by atoms with van der Waals surface area (Å²) in [6, 6.07) is 1.97. The van der Waals surface area contributed by atoms with Crippen LogP contribution in [0.15, 0.2) is 22.9 Å². The van der Waals surface area contributed by atoms with E-state index in [-0.39, 0.29) is 5.54 Å². The van der Waals surface area contributed by atoms with Gasteiger partial charge in [-0.05, 0) is 53.4 Å². The van der Waals surface area contributed by atoms with Gasteiger partial charge in [-0.25, -0.2) is 0 Å². The lowest BCUT2D eigenvalue weighted by Crippen LogP contribution is -2.48. The minimum absolute atomic E-state index is 0.281. The molecule has 1 aromatic rings. The van der Waals surface area contributed by atoms with Crippen LogP contribution in [-0.2, 0) is 11.2 Å². The first-order valence-corrected chi connectivity index (χ1v) is 7.33. The highest BCUT2D eigenvalue weighted by Crippen LogP contribution is 2.27. The van der Waals surface area contributed by atoms with Crippen molar-refractivity contribution in [1.82, 2.24) is 10.3 Å². The average Bonchev–Trinajstić information content (AvgIpc) is 2.79. The Hall–Kier alpha value is -0.740. The van der Waals surface area contributed by atoms with Gasteiger partial charge in [-0.1, -0.05) is 13.3 Å². The molecule has 3 nitrogen and oxygen atoms in total. The fourth-order valence-electron chi connectivity index (χ4n) is 2.73. The predicted molar refractivity (Wildman–Crippen MR) is 75.5 cm³/mol. The van der Waals surface area contributed by atoms with Crippen molar-refractivity contribution < 1.29 is 4.79 Å². The SMILES string of the molecule is CCCC1(C(=O)Cc2cncc(Br)c2)CCCN1. The van der Waals surface area contributed by atoms with Gasteiger partial charge in [0.15, 0.2) is 5.78 Å². The van der Waals surface area contributed by atoms with E-state index in [1.165, 1.54) is 0 Å². The van der Waals surface area contributed by atoms with Crippen molar-refractivity contribution >= 4 is 21.7 Å². The summed E-state index contributed by atoms with van der Waals surface area (Å²) in [6.07, 6.45) is 8.03. The number of nitrogens with one attached hydrogen (secondary N) is 1. The Bertz CT molecular complexity index is 428. The Morgan fingerprint density at radius 1 is 1.56 bits per heavy atom. The first-order valence-electron chi connectivity index (χ1n) is 6.54. The lowest BCUT2D eigenvalue weighted by molar-refractivity contribution is -0.124. The molecule has 2 rings (SSSR count). The van der Waals surface area contributed by atoms with E-state index < -0.39 is 0 Å². The quantitative estimate of drug-likeness (QED) is 0.909.